The third-order valence-corrected chi connectivity index (χ3v) is 2.82. The van der Waals surface area contributed by atoms with E-state index in [-0.39, 0.29) is 11.4 Å². The molecule has 16 heavy (non-hydrogen) atoms. The lowest BCUT2D eigenvalue weighted by atomic mass is 9.94. The molecule has 0 aromatic carbocycles. The second-order valence-electron chi connectivity index (χ2n) is 3.91. The highest BCUT2D eigenvalue weighted by Crippen LogP contribution is 2.15. The van der Waals surface area contributed by atoms with Gasteiger partial charge in [0, 0.05) is 18.2 Å². The summed E-state index contributed by atoms with van der Waals surface area (Å²) in [5.74, 6) is -1.35. The van der Waals surface area contributed by atoms with Crippen LogP contribution in [0.3, 0.4) is 0 Å². The Morgan fingerprint density at radius 3 is 2.50 bits per heavy atom. The molecule has 1 aromatic heterocycles. The van der Waals surface area contributed by atoms with E-state index in [1.54, 1.807) is 0 Å². The molecule has 1 aromatic rings. The van der Waals surface area contributed by atoms with Crippen LogP contribution in [0.2, 0.25) is 0 Å². The molecule has 90 valence electrons. The van der Waals surface area contributed by atoms with E-state index in [2.05, 4.69) is 10.3 Å². The molecule has 0 saturated heterocycles. The summed E-state index contributed by atoms with van der Waals surface area (Å²) in [6, 6.07) is 0.797. The van der Waals surface area contributed by atoms with Crippen LogP contribution in [-0.4, -0.2) is 17.1 Å². The highest BCUT2D eigenvalue weighted by Gasteiger charge is 2.20. The van der Waals surface area contributed by atoms with Gasteiger partial charge in [0.15, 0.2) is 11.6 Å². The monoisotopic (exact) mass is 229 g/mol. The zero-order valence-corrected chi connectivity index (χ0v) is 9.56. The molecule has 0 spiro atoms. The first-order valence-corrected chi connectivity index (χ1v) is 5.34. The van der Waals surface area contributed by atoms with Crippen LogP contribution in [0.1, 0.15) is 26.7 Å². The summed E-state index contributed by atoms with van der Waals surface area (Å²) < 4.78 is 25.8. The van der Waals surface area contributed by atoms with Crippen LogP contribution in [0.4, 0.5) is 14.6 Å². The Labute approximate surface area is 94.1 Å². The smallest absolute Gasteiger partial charge is 0.168 e. The lowest BCUT2D eigenvalue weighted by molar-refractivity contribution is 0.416. The Morgan fingerprint density at radius 2 is 2.00 bits per heavy atom. The molecule has 3 N–H and O–H groups in total. The second-order valence-corrected chi connectivity index (χ2v) is 3.91. The molecule has 5 heteroatoms. The second kappa shape index (κ2) is 5.21. The van der Waals surface area contributed by atoms with Gasteiger partial charge >= 0.3 is 0 Å². The van der Waals surface area contributed by atoms with Crippen LogP contribution < -0.4 is 11.1 Å². The Morgan fingerprint density at radius 1 is 1.38 bits per heavy atom. The molecular weight excluding hydrogens is 212 g/mol. The lowest BCUT2D eigenvalue weighted by Crippen LogP contribution is -2.45. The Bertz CT molecular complexity index is 351. The third kappa shape index (κ3) is 3.13. The van der Waals surface area contributed by atoms with Gasteiger partial charge in [-0.15, -0.1) is 0 Å². The quantitative estimate of drug-likeness (QED) is 0.814. The van der Waals surface area contributed by atoms with Crippen molar-refractivity contribution in [3.8, 4) is 0 Å². The van der Waals surface area contributed by atoms with Gasteiger partial charge in [-0.3, -0.25) is 0 Å². The number of nitrogens with one attached hydrogen (secondary N) is 1. The van der Waals surface area contributed by atoms with Gasteiger partial charge in [-0.1, -0.05) is 13.8 Å². The van der Waals surface area contributed by atoms with Gasteiger partial charge in [0.05, 0.1) is 6.20 Å². The molecule has 0 fully saturated rings. The maximum absolute atomic E-state index is 13.2. The van der Waals surface area contributed by atoms with Crippen molar-refractivity contribution in [3.63, 3.8) is 0 Å². The fourth-order valence-electron chi connectivity index (χ4n) is 1.30. The minimum atomic E-state index is -0.699. The normalized spacial score (nSPS) is 11.6. The van der Waals surface area contributed by atoms with Crippen LogP contribution in [0.5, 0.6) is 0 Å². The molecule has 0 atom stereocenters. The SMILES string of the molecule is CCC(N)(CC)CNc1ncc(F)cc1F. The van der Waals surface area contributed by atoms with E-state index in [1.807, 2.05) is 13.8 Å². The van der Waals surface area contributed by atoms with Gasteiger partial charge in [0.25, 0.3) is 0 Å². The molecule has 0 aliphatic rings. The van der Waals surface area contributed by atoms with E-state index < -0.39 is 11.6 Å². The number of nitrogens with zero attached hydrogens (tertiary/aromatic N) is 1. The fraction of sp³-hybridized carbons (Fsp3) is 0.545. The van der Waals surface area contributed by atoms with Crippen molar-refractivity contribution >= 4 is 5.82 Å². The maximum Gasteiger partial charge on any atom is 0.168 e. The zero-order chi connectivity index (χ0) is 12.2. The van der Waals surface area contributed by atoms with Gasteiger partial charge in [-0.05, 0) is 12.8 Å². The van der Waals surface area contributed by atoms with Gasteiger partial charge < -0.3 is 11.1 Å². The molecule has 0 saturated carbocycles. The summed E-state index contributed by atoms with van der Waals surface area (Å²) in [7, 11) is 0. The number of hydrogen-bond donors (Lipinski definition) is 2. The molecule has 0 radical (unpaired) electrons. The summed E-state index contributed by atoms with van der Waals surface area (Å²) in [6.07, 6.45) is 2.53. The minimum absolute atomic E-state index is 0.0399. The predicted molar refractivity (Wildman–Crippen MR) is 60.1 cm³/mol. The number of aromatic nitrogens is 1. The number of nitrogens with two attached hydrogens (primary N) is 1. The van der Waals surface area contributed by atoms with Gasteiger partial charge in [-0.2, -0.15) is 0 Å². The van der Waals surface area contributed by atoms with E-state index in [1.165, 1.54) is 0 Å². The van der Waals surface area contributed by atoms with Crippen molar-refractivity contribution in [2.24, 2.45) is 5.73 Å². The standard InChI is InChI=1S/C11H17F2N3/c1-3-11(14,4-2)7-16-10-9(13)5-8(12)6-15-10/h5-6H,3-4,7,14H2,1-2H3,(H,15,16). The van der Waals surface area contributed by atoms with Crippen molar-refractivity contribution in [2.75, 3.05) is 11.9 Å². The largest absolute Gasteiger partial charge is 0.366 e. The first kappa shape index (κ1) is 12.8. The molecule has 3 nitrogen and oxygen atoms in total. The Hall–Kier alpha value is -1.23. The molecule has 0 aliphatic carbocycles. The van der Waals surface area contributed by atoms with Crippen molar-refractivity contribution < 1.29 is 8.78 Å². The number of hydrogen-bond acceptors (Lipinski definition) is 3. The molecule has 1 heterocycles. The maximum atomic E-state index is 13.2. The van der Waals surface area contributed by atoms with Crippen molar-refractivity contribution in [2.45, 2.75) is 32.2 Å². The summed E-state index contributed by atoms with van der Waals surface area (Å²) in [5.41, 5.74) is 5.65. The van der Waals surface area contributed by atoms with E-state index >= 15 is 0 Å². The Kier molecular flexibility index (Phi) is 4.18. The number of halogens is 2. The molecule has 1 rings (SSSR count). The highest BCUT2D eigenvalue weighted by molar-refractivity contribution is 5.36. The molecule has 0 unspecified atom stereocenters. The molecule has 0 aliphatic heterocycles. The van der Waals surface area contributed by atoms with E-state index in [0.717, 1.165) is 25.1 Å². The molecule has 0 amide bonds. The lowest BCUT2D eigenvalue weighted by Gasteiger charge is -2.27. The van der Waals surface area contributed by atoms with E-state index in [0.29, 0.717) is 6.54 Å². The van der Waals surface area contributed by atoms with Gasteiger partial charge in [0.1, 0.15) is 5.82 Å². The van der Waals surface area contributed by atoms with Crippen LogP contribution in [0, 0.1) is 11.6 Å². The van der Waals surface area contributed by atoms with E-state index in [9.17, 15) is 8.78 Å². The summed E-state index contributed by atoms with van der Waals surface area (Å²) in [4.78, 5) is 3.63. The topological polar surface area (TPSA) is 50.9 Å². The first-order chi connectivity index (χ1) is 7.50. The summed E-state index contributed by atoms with van der Waals surface area (Å²) in [5, 5.41) is 2.80. The van der Waals surface area contributed by atoms with Crippen LogP contribution >= 0.6 is 0 Å². The van der Waals surface area contributed by atoms with Crippen molar-refractivity contribution in [1.82, 2.24) is 4.98 Å². The van der Waals surface area contributed by atoms with Gasteiger partial charge in [0.2, 0.25) is 0 Å². The number of rotatable bonds is 5. The van der Waals surface area contributed by atoms with Crippen LogP contribution in [-0.2, 0) is 0 Å². The number of pyridine rings is 1. The van der Waals surface area contributed by atoms with Crippen LogP contribution in [0.25, 0.3) is 0 Å². The van der Waals surface area contributed by atoms with Crippen molar-refractivity contribution in [3.05, 3.63) is 23.9 Å². The fourth-order valence-corrected chi connectivity index (χ4v) is 1.30. The van der Waals surface area contributed by atoms with Crippen molar-refractivity contribution in [1.29, 1.82) is 0 Å². The summed E-state index contributed by atoms with van der Waals surface area (Å²) in [6.45, 7) is 4.36. The summed E-state index contributed by atoms with van der Waals surface area (Å²) >= 11 is 0. The number of anilines is 1. The average Bonchev–Trinajstić information content (AvgIpc) is 2.27. The van der Waals surface area contributed by atoms with E-state index in [4.69, 9.17) is 5.73 Å². The third-order valence-electron chi connectivity index (χ3n) is 2.82. The highest BCUT2D eigenvalue weighted by atomic mass is 19.1. The molecule has 0 bridgehead atoms. The average molecular weight is 229 g/mol. The Balaban J connectivity index is 2.67. The predicted octanol–water partition coefficient (Wildman–Crippen LogP) is 2.29. The zero-order valence-electron chi connectivity index (χ0n) is 9.56. The first-order valence-electron chi connectivity index (χ1n) is 5.34. The minimum Gasteiger partial charge on any atom is -0.366 e. The molecular formula is C11H17F2N3. The van der Waals surface area contributed by atoms with Gasteiger partial charge in [-0.25, -0.2) is 13.8 Å². The van der Waals surface area contributed by atoms with Crippen LogP contribution in [0.15, 0.2) is 12.3 Å².